The van der Waals surface area contributed by atoms with Gasteiger partial charge < -0.3 is 15.2 Å². The number of alkyl halides is 3. The van der Waals surface area contributed by atoms with Gasteiger partial charge in [-0.25, -0.2) is 4.98 Å². The van der Waals surface area contributed by atoms with Gasteiger partial charge in [-0.05, 0) is 12.1 Å². The van der Waals surface area contributed by atoms with Crippen molar-refractivity contribution in [2.45, 2.75) is 6.18 Å². The van der Waals surface area contributed by atoms with E-state index in [1.54, 1.807) is 6.07 Å². The Kier molecular flexibility index (Phi) is 6.65. The summed E-state index contributed by atoms with van der Waals surface area (Å²) in [5.74, 6) is 4.52. The molecule has 0 aromatic carbocycles. The largest absolute Gasteiger partial charge is 0.411 e. The number of rotatable bonds is 5. The molecule has 1 heterocycles. The van der Waals surface area contributed by atoms with Gasteiger partial charge in [0.25, 0.3) is 5.91 Å². The molecule has 1 amide bonds. The summed E-state index contributed by atoms with van der Waals surface area (Å²) in [5, 5.41) is 10.9. The van der Waals surface area contributed by atoms with Crippen molar-refractivity contribution >= 4 is 5.91 Å². The fraction of sp³-hybridized carbons (Fsp3) is 0.385. The SMILES string of the molecule is O=C(NCCOCC(F)(F)F)c1ccc(C#CCO)cn1. The first-order valence-electron chi connectivity index (χ1n) is 5.91. The molecule has 0 unspecified atom stereocenters. The van der Waals surface area contributed by atoms with Crippen molar-refractivity contribution in [3.8, 4) is 11.8 Å². The van der Waals surface area contributed by atoms with Gasteiger partial charge in [0.2, 0.25) is 0 Å². The molecular formula is C13H13F3N2O3. The fourth-order valence-electron chi connectivity index (χ4n) is 1.26. The first-order chi connectivity index (χ1) is 9.92. The van der Waals surface area contributed by atoms with Crippen LogP contribution in [0.5, 0.6) is 0 Å². The monoisotopic (exact) mass is 302 g/mol. The fourth-order valence-corrected chi connectivity index (χ4v) is 1.26. The Hall–Kier alpha value is -2.11. The Morgan fingerprint density at radius 3 is 2.76 bits per heavy atom. The van der Waals surface area contributed by atoms with Crippen molar-refractivity contribution in [3.63, 3.8) is 0 Å². The minimum absolute atomic E-state index is 0.0529. The Labute approximate surface area is 119 Å². The molecule has 2 N–H and O–H groups in total. The van der Waals surface area contributed by atoms with Crippen molar-refractivity contribution in [2.24, 2.45) is 0 Å². The minimum atomic E-state index is -4.38. The van der Waals surface area contributed by atoms with E-state index in [0.29, 0.717) is 5.56 Å². The van der Waals surface area contributed by atoms with E-state index in [9.17, 15) is 18.0 Å². The average molecular weight is 302 g/mol. The molecule has 1 aromatic rings. The van der Waals surface area contributed by atoms with Crippen LogP contribution in [0.3, 0.4) is 0 Å². The van der Waals surface area contributed by atoms with Gasteiger partial charge in [-0.1, -0.05) is 11.8 Å². The Morgan fingerprint density at radius 1 is 1.43 bits per heavy atom. The number of nitrogens with one attached hydrogen (secondary N) is 1. The number of aliphatic hydroxyl groups excluding tert-OH is 1. The maximum Gasteiger partial charge on any atom is 0.411 e. The summed E-state index contributed by atoms with van der Waals surface area (Å²) in [6.07, 6.45) is -3.02. The lowest BCUT2D eigenvalue weighted by Crippen LogP contribution is -2.29. The maximum atomic E-state index is 11.8. The summed E-state index contributed by atoms with van der Waals surface area (Å²) in [4.78, 5) is 15.5. The van der Waals surface area contributed by atoms with Crippen LogP contribution in [0.25, 0.3) is 0 Å². The summed E-state index contributed by atoms with van der Waals surface area (Å²) < 4.78 is 39.7. The highest BCUT2D eigenvalue weighted by Gasteiger charge is 2.27. The number of aromatic nitrogens is 1. The number of pyridine rings is 1. The highest BCUT2D eigenvalue weighted by atomic mass is 19.4. The summed E-state index contributed by atoms with van der Waals surface area (Å²) in [6, 6.07) is 2.97. The maximum absolute atomic E-state index is 11.8. The number of carbonyl (C=O) groups is 1. The highest BCUT2D eigenvalue weighted by molar-refractivity contribution is 5.92. The standard InChI is InChI=1S/C13H13F3N2O3/c14-13(15,16)9-21-7-5-17-12(20)11-4-3-10(8-18-11)2-1-6-19/h3-4,8,19H,5-7,9H2,(H,17,20). The molecule has 0 saturated heterocycles. The van der Waals surface area contributed by atoms with E-state index in [1.165, 1.54) is 12.3 Å². The van der Waals surface area contributed by atoms with Crippen LogP contribution in [0.1, 0.15) is 16.1 Å². The van der Waals surface area contributed by atoms with Gasteiger partial charge in [-0.15, -0.1) is 0 Å². The van der Waals surface area contributed by atoms with E-state index in [2.05, 4.69) is 26.9 Å². The van der Waals surface area contributed by atoms with Gasteiger partial charge in [0.15, 0.2) is 0 Å². The summed E-state index contributed by atoms with van der Waals surface area (Å²) in [5.41, 5.74) is 0.648. The van der Waals surface area contributed by atoms with E-state index in [0.717, 1.165) is 0 Å². The molecular weight excluding hydrogens is 289 g/mol. The van der Waals surface area contributed by atoms with Gasteiger partial charge in [0.05, 0.1) is 6.61 Å². The molecule has 0 radical (unpaired) electrons. The van der Waals surface area contributed by atoms with E-state index in [-0.39, 0.29) is 25.5 Å². The van der Waals surface area contributed by atoms with Crippen LogP contribution in [0.15, 0.2) is 18.3 Å². The number of nitrogens with zero attached hydrogens (tertiary/aromatic N) is 1. The second kappa shape index (κ2) is 8.24. The molecule has 0 bridgehead atoms. The number of halogens is 3. The predicted molar refractivity (Wildman–Crippen MR) is 67.4 cm³/mol. The van der Waals surface area contributed by atoms with Crippen LogP contribution in [0.2, 0.25) is 0 Å². The minimum Gasteiger partial charge on any atom is -0.384 e. The van der Waals surface area contributed by atoms with Gasteiger partial charge >= 0.3 is 6.18 Å². The van der Waals surface area contributed by atoms with E-state index in [4.69, 9.17) is 5.11 Å². The lowest BCUT2D eigenvalue weighted by molar-refractivity contribution is -0.173. The number of aliphatic hydroxyl groups is 1. The second-order valence-electron chi connectivity index (χ2n) is 3.82. The smallest absolute Gasteiger partial charge is 0.384 e. The van der Waals surface area contributed by atoms with Gasteiger partial charge in [-0.3, -0.25) is 4.79 Å². The summed E-state index contributed by atoms with van der Waals surface area (Å²) >= 11 is 0. The third-order valence-corrected chi connectivity index (χ3v) is 2.11. The topological polar surface area (TPSA) is 71.5 Å². The number of ether oxygens (including phenoxy) is 1. The van der Waals surface area contributed by atoms with Crippen molar-refractivity contribution in [2.75, 3.05) is 26.4 Å². The number of carbonyl (C=O) groups excluding carboxylic acids is 1. The summed E-state index contributed by atoms with van der Waals surface area (Å²) in [7, 11) is 0. The molecule has 0 saturated carbocycles. The molecule has 1 aromatic heterocycles. The van der Waals surface area contributed by atoms with Gasteiger partial charge in [0, 0.05) is 18.3 Å². The van der Waals surface area contributed by atoms with Crippen molar-refractivity contribution in [3.05, 3.63) is 29.6 Å². The third-order valence-electron chi connectivity index (χ3n) is 2.11. The van der Waals surface area contributed by atoms with Crippen LogP contribution in [0.4, 0.5) is 13.2 Å². The predicted octanol–water partition coefficient (Wildman–Crippen LogP) is 0.734. The van der Waals surface area contributed by atoms with Crippen molar-refractivity contribution in [1.29, 1.82) is 0 Å². The van der Waals surface area contributed by atoms with Crippen LogP contribution in [0, 0.1) is 11.8 Å². The molecule has 5 nitrogen and oxygen atoms in total. The number of hydrogen-bond acceptors (Lipinski definition) is 4. The van der Waals surface area contributed by atoms with Crippen molar-refractivity contribution in [1.82, 2.24) is 10.3 Å². The molecule has 21 heavy (non-hydrogen) atoms. The lowest BCUT2D eigenvalue weighted by atomic mass is 10.2. The molecule has 1 rings (SSSR count). The molecule has 8 heteroatoms. The van der Waals surface area contributed by atoms with E-state index < -0.39 is 18.7 Å². The lowest BCUT2D eigenvalue weighted by Gasteiger charge is -2.08. The Bertz CT molecular complexity index is 518. The average Bonchev–Trinajstić information content (AvgIpc) is 2.44. The van der Waals surface area contributed by atoms with Gasteiger partial charge in [0.1, 0.15) is 18.9 Å². The zero-order valence-corrected chi connectivity index (χ0v) is 10.9. The number of amides is 1. The zero-order valence-electron chi connectivity index (χ0n) is 10.9. The molecule has 0 aliphatic heterocycles. The van der Waals surface area contributed by atoms with E-state index >= 15 is 0 Å². The van der Waals surface area contributed by atoms with Gasteiger partial charge in [-0.2, -0.15) is 13.2 Å². The molecule has 0 atom stereocenters. The molecule has 0 spiro atoms. The van der Waals surface area contributed by atoms with E-state index in [1.807, 2.05) is 0 Å². The first kappa shape index (κ1) is 16.9. The van der Waals surface area contributed by atoms with Crippen LogP contribution < -0.4 is 5.32 Å². The van der Waals surface area contributed by atoms with Crippen LogP contribution in [-0.2, 0) is 4.74 Å². The zero-order chi connectivity index (χ0) is 15.7. The first-order valence-corrected chi connectivity index (χ1v) is 5.91. The second-order valence-corrected chi connectivity index (χ2v) is 3.82. The van der Waals surface area contributed by atoms with Crippen LogP contribution >= 0.6 is 0 Å². The Balaban J connectivity index is 2.35. The third kappa shape index (κ3) is 7.29. The summed E-state index contributed by atoms with van der Waals surface area (Å²) in [6.45, 7) is -1.92. The van der Waals surface area contributed by atoms with Crippen LogP contribution in [-0.4, -0.2) is 48.5 Å². The quantitative estimate of drug-likeness (QED) is 0.621. The number of hydrogen-bond donors (Lipinski definition) is 2. The highest BCUT2D eigenvalue weighted by Crippen LogP contribution is 2.13. The van der Waals surface area contributed by atoms with Crippen molar-refractivity contribution < 1.29 is 27.8 Å². The Morgan fingerprint density at radius 2 is 2.19 bits per heavy atom. The molecule has 0 fully saturated rings. The normalized spacial score (nSPS) is 10.7. The molecule has 0 aliphatic carbocycles. The molecule has 0 aliphatic rings. The molecule has 114 valence electrons.